The molecule has 0 saturated carbocycles. The second-order valence-electron chi connectivity index (χ2n) is 4.64. The molecule has 12 nitrogen and oxygen atoms in total. The summed E-state index contributed by atoms with van der Waals surface area (Å²) in [7, 11) is 0. The van der Waals surface area contributed by atoms with Gasteiger partial charge in [0.05, 0.1) is 0 Å². The fourth-order valence-corrected chi connectivity index (χ4v) is 13.0. The fraction of sp³-hybridized carbons (Fsp3) is 0.500. The van der Waals surface area contributed by atoms with Crippen molar-refractivity contribution in [1.29, 1.82) is 0 Å². The van der Waals surface area contributed by atoms with Crippen LogP contribution in [0.3, 0.4) is 0 Å². The quantitative estimate of drug-likeness (QED) is 0.286. The Kier molecular flexibility index (Phi) is 2.54. The van der Waals surface area contributed by atoms with E-state index in [4.69, 9.17) is 24.1 Å². The van der Waals surface area contributed by atoms with Crippen molar-refractivity contribution < 1.29 is 43.3 Å². The zero-order chi connectivity index (χ0) is 15.3. The van der Waals surface area contributed by atoms with Gasteiger partial charge in [0.25, 0.3) is 0 Å². The molecule has 5 heterocycles. The molecular formula is C8H4O12Sb2-2. The third-order valence-corrected chi connectivity index (χ3v) is 13.4. The van der Waals surface area contributed by atoms with Gasteiger partial charge in [0.1, 0.15) is 0 Å². The monoisotopic (exact) mass is 534 g/mol. The molecule has 0 N–H and O–H groups in total. The van der Waals surface area contributed by atoms with E-state index >= 15 is 0 Å². The molecule has 0 unspecified atom stereocenters. The second kappa shape index (κ2) is 4.06. The predicted octanol–water partition coefficient (Wildman–Crippen LogP) is -3.36. The molecule has 5 aliphatic heterocycles. The first-order chi connectivity index (χ1) is 10.4. The molecule has 0 aliphatic carbocycles. The van der Waals surface area contributed by atoms with Crippen molar-refractivity contribution in [3.8, 4) is 0 Å². The third-order valence-electron chi connectivity index (χ3n) is 3.26. The van der Waals surface area contributed by atoms with Crippen molar-refractivity contribution in [2.75, 3.05) is 0 Å². The molecule has 0 aromatic heterocycles. The number of carbonyl (C=O) groups is 4. The van der Waals surface area contributed by atoms with Gasteiger partial charge in [-0.1, -0.05) is 0 Å². The summed E-state index contributed by atoms with van der Waals surface area (Å²) in [5.41, 5.74) is 0. The van der Waals surface area contributed by atoms with Crippen LogP contribution in [0.15, 0.2) is 0 Å². The summed E-state index contributed by atoms with van der Waals surface area (Å²) in [6.07, 6.45) is -6.06. The molecule has 5 fully saturated rings. The molecule has 5 aliphatic rings. The Morgan fingerprint density at radius 1 is 0.500 bits per heavy atom. The third kappa shape index (κ3) is 1.62. The Hall–Kier alpha value is -0.644. The topological polar surface area (TPSA) is 142 Å². The van der Waals surface area contributed by atoms with Crippen LogP contribution in [0.25, 0.3) is 0 Å². The van der Waals surface area contributed by atoms with Gasteiger partial charge in [0.2, 0.25) is 0 Å². The molecule has 0 aromatic carbocycles. The van der Waals surface area contributed by atoms with Gasteiger partial charge in [0, 0.05) is 0 Å². The van der Waals surface area contributed by atoms with E-state index in [0.29, 0.717) is 0 Å². The molecule has 6 bridgehead atoms. The summed E-state index contributed by atoms with van der Waals surface area (Å²) >= 11 is -9.74. The number of hydrogen-bond acceptors (Lipinski definition) is 12. The average molecular weight is 536 g/mol. The number of hydrogen-bond donors (Lipinski definition) is 0. The van der Waals surface area contributed by atoms with Gasteiger partial charge in [-0.15, -0.1) is 0 Å². The zero-order valence-electron chi connectivity index (χ0n) is 10.1. The standard InChI is InChI=1S/2C4H4O6.2Sb/c2*5-1(3(7)8)2(6)4(9)10;;/h2*1-2H,(H,7,8)(H,9,10);;/q2*-2;2*+3/p-4/t2*1-,2-;;/m00../s1. The summed E-state index contributed by atoms with van der Waals surface area (Å²) < 4.78 is 41.0. The van der Waals surface area contributed by atoms with Gasteiger partial charge < -0.3 is 0 Å². The predicted molar refractivity (Wildman–Crippen MR) is 55.4 cm³/mol. The summed E-state index contributed by atoms with van der Waals surface area (Å²) in [6.45, 7) is 0. The molecule has 14 heteroatoms. The van der Waals surface area contributed by atoms with Crippen molar-refractivity contribution in [3.63, 3.8) is 0 Å². The van der Waals surface area contributed by atoms with Crippen molar-refractivity contribution in [1.82, 2.24) is 0 Å². The van der Waals surface area contributed by atoms with E-state index in [0.717, 1.165) is 0 Å². The van der Waals surface area contributed by atoms with Gasteiger partial charge in [0.15, 0.2) is 0 Å². The SMILES string of the molecule is O=C1[O][Sb-]23[O]C(=O)[C@@H]([O]2)[C@@H]2[O][Sb-]4([O]C(=O)[C@@H]([O]4)[C@@H]1[O]3)[O]C2=O. The number of rotatable bonds is 0. The van der Waals surface area contributed by atoms with Crippen LogP contribution in [0.2, 0.25) is 0 Å². The normalized spacial score (nSPS) is 57.1. The molecule has 5 rings (SSSR count). The molecule has 0 amide bonds. The molecule has 0 radical (unpaired) electrons. The van der Waals surface area contributed by atoms with Crippen LogP contribution in [0.4, 0.5) is 0 Å². The maximum atomic E-state index is 11.9. The first kappa shape index (κ1) is 13.8. The van der Waals surface area contributed by atoms with E-state index < -0.39 is 89.3 Å². The first-order valence-electron chi connectivity index (χ1n) is 5.86. The van der Waals surface area contributed by atoms with Crippen LogP contribution in [-0.2, 0) is 43.3 Å². The average Bonchev–Trinajstić information content (AvgIpc) is 3.09. The van der Waals surface area contributed by atoms with Crippen molar-refractivity contribution >= 4 is 64.8 Å². The Morgan fingerprint density at radius 3 is 0.955 bits per heavy atom. The summed E-state index contributed by atoms with van der Waals surface area (Å²) in [6, 6.07) is 0. The Balaban J connectivity index is 1.66. The van der Waals surface area contributed by atoms with Gasteiger partial charge in [-0.2, -0.15) is 0 Å². The van der Waals surface area contributed by atoms with Crippen LogP contribution >= 0.6 is 0 Å². The molecular weight excluding hydrogens is 532 g/mol. The van der Waals surface area contributed by atoms with Crippen LogP contribution in [-0.4, -0.2) is 89.3 Å². The van der Waals surface area contributed by atoms with Crippen molar-refractivity contribution in [2.45, 2.75) is 24.4 Å². The summed E-state index contributed by atoms with van der Waals surface area (Å²) in [4.78, 5) is 47.6. The number of carbonyl (C=O) groups excluding carboxylic acids is 4. The Bertz CT molecular complexity index is 548. The molecule has 22 heavy (non-hydrogen) atoms. The van der Waals surface area contributed by atoms with E-state index in [2.05, 4.69) is 0 Å². The van der Waals surface area contributed by atoms with Gasteiger partial charge in [-0.3, -0.25) is 0 Å². The van der Waals surface area contributed by atoms with Crippen molar-refractivity contribution in [3.05, 3.63) is 0 Å². The second-order valence-corrected chi connectivity index (χ2v) is 14.2. The van der Waals surface area contributed by atoms with Crippen molar-refractivity contribution in [2.24, 2.45) is 0 Å². The van der Waals surface area contributed by atoms with Gasteiger partial charge in [-0.25, -0.2) is 0 Å². The summed E-state index contributed by atoms with van der Waals surface area (Å²) in [5, 5.41) is 0. The van der Waals surface area contributed by atoms with E-state index in [1.165, 1.54) is 0 Å². The van der Waals surface area contributed by atoms with E-state index in [1.54, 1.807) is 0 Å². The van der Waals surface area contributed by atoms with E-state index in [1.807, 2.05) is 0 Å². The van der Waals surface area contributed by atoms with Gasteiger partial charge in [-0.05, 0) is 0 Å². The Labute approximate surface area is 132 Å². The van der Waals surface area contributed by atoms with E-state index in [9.17, 15) is 19.2 Å². The maximum absolute atomic E-state index is 11.9. The molecule has 120 valence electrons. The minimum atomic E-state index is -4.87. The number of fused-ring (bicyclic) bond motifs is 6. The van der Waals surface area contributed by atoms with Crippen LogP contribution in [0, 0.1) is 0 Å². The summed E-state index contributed by atoms with van der Waals surface area (Å²) in [5.74, 6) is -3.86. The first-order valence-corrected chi connectivity index (χ1v) is 14.2. The fourth-order valence-electron chi connectivity index (χ4n) is 2.35. The zero-order valence-corrected chi connectivity index (χ0v) is 15.2. The minimum absolute atomic E-state index is 0.966. The van der Waals surface area contributed by atoms with Crippen LogP contribution < -0.4 is 0 Å². The molecule has 4 atom stereocenters. The Morgan fingerprint density at radius 2 is 0.727 bits per heavy atom. The molecule has 0 aromatic rings. The molecule has 5 saturated heterocycles. The van der Waals surface area contributed by atoms with Crippen LogP contribution in [0.5, 0.6) is 0 Å². The van der Waals surface area contributed by atoms with Gasteiger partial charge >= 0.3 is 133 Å². The van der Waals surface area contributed by atoms with E-state index in [-0.39, 0.29) is 0 Å². The molecule has 2 spiro atoms. The van der Waals surface area contributed by atoms with Crippen LogP contribution in [0.1, 0.15) is 0 Å².